The van der Waals surface area contributed by atoms with Gasteiger partial charge in [-0.3, -0.25) is 9.88 Å². The molecule has 2 heterocycles. The number of nitrogens with zero attached hydrogens (tertiary/aromatic N) is 2. The molecule has 0 spiro atoms. The van der Waals surface area contributed by atoms with Crippen LogP contribution in [0, 0.1) is 11.6 Å². The van der Waals surface area contributed by atoms with Crippen LogP contribution in [0.25, 0.3) is 0 Å². The Morgan fingerprint density at radius 1 is 1.35 bits per heavy atom. The van der Waals surface area contributed by atoms with Crippen LogP contribution in [0.5, 0.6) is 0 Å². The fourth-order valence-electron chi connectivity index (χ4n) is 2.77. The van der Waals surface area contributed by atoms with Gasteiger partial charge in [0.15, 0.2) is 0 Å². The first-order chi connectivity index (χ1) is 9.69. The third-order valence-corrected chi connectivity index (χ3v) is 3.69. The van der Waals surface area contributed by atoms with Gasteiger partial charge in [-0.15, -0.1) is 0 Å². The smallest absolute Gasteiger partial charge is 0.130 e. The third kappa shape index (κ3) is 2.30. The Balaban J connectivity index is 1.91. The lowest BCUT2D eigenvalue weighted by Gasteiger charge is -2.23. The molecule has 0 saturated heterocycles. The van der Waals surface area contributed by atoms with Gasteiger partial charge in [-0.05, 0) is 23.3 Å². The van der Waals surface area contributed by atoms with E-state index in [1.54, 1.807) is 12.4 Å². The lowest BCUT2D eigenvalue weighted by Crippen LogP contribution is -2.27. The van der Waals surface area contributed by atoms with E-state index >= 15 is 0 Å². The number of rotatable bonds is 3. The predicted octanol–water partition coefficient (Wildman–Crippen LogP) is 2.38. The van der Waals surface area contributed by atoms with Gasteiger partial charge in [0.05, 0.1) is 0 Å². The molecular weight excluding hydrogens is 260 g/mol. The van der Waals surface area contributed by atoms with E-state index in [2.05, 4.69) is 4.98 Å². The highest BCUT2D eigenvalue weighted by atomic mass is 19.1. The van der Waals surface area contributed by atoms with E-state index in [9.17, 15) is 8.78 Å². The Labute approximate surface area is 116 Å². The van der Waals surface area contributed by atoms with Crippen molar-refractivity contribution in [1.82, 2.24) is 9.88 Å². The quantitative estimate of drug-likeness (QED) is 0.935. The van der Waals surface area contributed by atoms with E-state index in [4.69, 9.17) is 5.73 Å². The fraction of sp³-hybridized carbons (Fsp3) is 0.267. The number of hydrogen-bond donors (Lipinski definition) is 1. The Kier molecular flexibility index (Phi) is 3.46. The van der Waals surface area contributed by atoms with Gasteiger partial charge in [-0.1, -0.05) is 6.07 Å². The third-order valence-electron chi connectivity index (χ3n) is 3.69. The van der Waals surface area contributed by atoms with E-state index in [1.165, 1.54) is 6.07 Å². The Morgan fingerprint density at radius 3 is 2.90 bits per heavy atom. The molecule has 1 aliphatic heterocycles. The number of hydrogen-bond acceptors (Lipinski definition) is 3. The van der Waals surface area contributed by atoms with Crippen LogP contribution in [0.4, 0.5) is 8.78 Å². The Morgan fingerprint density at radius 2 is 2.20 bits per heavy atom. The zero-order valence-corrected chi connectivity index (χ0v) is 10.9. The molecule has 0 radical (unpaired) electrons. The lowest BCUT2D eigenvalue weighted by atomic mass is 10.0. The molecule has 3 nitrogen and oxygen atoms in total. The Hall–Kier alpha value is -1.85. The summed E-state index contributed by atoms with van der Waals surface area (Å²) in [6, 6.07) is 5.98. The van der Waals surface area contributed by atoms with E-state index in [0.29, 0.717) is 30.8 Å². The van der Waals surface area contributed by atoms with Gasteiger partial charge < -0.3 is 5.73 Å². The van der Waals surface area contributed by atoms with Crippen molar-refractivity contribution in [3.8, 4) is 0 Å². The lowest BCUT2D eigenvalue weighted by molar-refractivity contribution is 0.209. The van der Waals surface area contributed by atoms with Crippen LogP contribution in [0.15, 0.2) is 36.7 Å². The van der Waals surface area contributed by atoms with Gasteiger partial charge in [-0.2, -0.15) is 0 Å². The number of halogens is 2. The summed E-state index contributed by atoms with van der Waals surface area (Å²) in [4.78, 5) is 6.11. The zero-order chi connectivity index (χ0) is 14.1. The van der Waals surface area contributed by atoms with E-state index < -0.39 is 11.6 Å². The van der Waals surface area contributed by atoms with E-state index in [-0.39, 0.29) is 6.04 Å². The van der Waals surface area contributed by atoms with Crippen molar-refractivity contribution in [2.75, 3.05) is 6.54 Å². The average molecular weight is 275 g/mol. The molecule has 2 N–H and O–H groups in total. The van der Waals surface area contributed by atoms with Gasteiger partial charge in [0.25, 0.3) is 0 Å². The zero-order valence-electron chi connectivity index (χ0n) is 10.9. The molecule has 1 aliphatic rings. The van der Waals surface area contributed by atoms with Crippen molar-refractivity contribution in [3.05, 3.63) is 65.0 Å². The van der Waals surface area contributed by atoms with Gasteiger partial charge in [0.2, 0.25) is 0 Å². The summed E-state index contributed by atoms with van der Waals surface area (Å²) < 4.78 is 27.2. The van der Waals surface area contributed by atoms with Crippen LogP contribution in [-0.2, 0) is 13.1 Å². The summed E-state index contributed by atoms with van der Waals surface area (Å²) in [5, 5.41) is 0. The van der Waals surface area contributed by atoms with Crippen LogP contribution < -0.4 is 5.73 Å². The summed E-state index contributed by atoms with van der Waals surface area (Å²) in [5.41, 5.74) is 8.03. The van der Waals surface area contributed by atoms with Crippen molar-refractivity contribution < 1.29 is 8.78 Å². The largest absolute Gasteiger partial charge is 0.329 e. The van der Waals surface area contributed by atoms with Crippen molar-refractivity contribution in [2.24, 2.45) is 5.73 Å². The molecule has 1 aromatic heterocycles. The molecule has 5 heteroatoms. The molecule has 0 amide bonds. The van der Waals surface area contributed by atoms with Crippen LogP contribution in [-0.4, -0.2) is 16.4 Å². The summed E-state index contributed by atoms with van der Waals surface area (Å²) in [5.74, 6) is -1.05. The average Bonchev–Trinajstić information content (AvgIpc) is 2.77. The molecule has 20 heavy (non-hydrogen) atoms. The maximum absolute atomic E-state index is 13.9. The molecule has 0 aliphatic carbocycles. The van der Waals surface area contributed by atoms with Crippen LogP contribution in [0.1, 0.15) is 22.7 Å². The molecule has 0 bridgehead atoms. The SMILES string of the molecule is NCC1c2cc(F)cc(F)c2CN1Cc1cccnc1. The minimum Gasteiger partial charge on any atom is -0.329 e. The molecule has 1 aromatic carbocycles. The van der Waals surface area contributed by atoms with Crippen LogP contribution >= 0.6 is 0 Å². The molecule has 2 aromatic rings. The summed E-state index contributed by atoms with van der Waals surface area (Å²) in [6.07, 6.45) is 3.48. The number of nitrogens with two attached hydrogens (primary N) is 1. The first-order valence-corrected chi connectivity index (χ1v) is 6.50. The second-order valence-corrected chi connectivity index (χ2v) is 4.97. The highest BCUT2D eigenvalue weighted by molar-refractivity contribution is 5.36. The van der Waals surface area contributed by atoms with E-state index in [0.717, 1.165) is 11.6 Å². The number of aromatic nitrogens is 1. The molecule has 1 unspecified atom stereocenters. The molecular formula is C15H15F2N3. The van der Waals surface area contributed by atoms with Gasteiger partial charge in [-0.25, -0.2) is 8.78 Å². The standard InChI is InChI=1S/C15H15F2N3/c16-11-4-12-13(14(17)5-11)9-20(15(12)6-18)8-10-2-1-3-19-7-10/h1-5,7,15H,6,8-9,18H2. The van der Waals surface area contributed by atoms with Crippen molar-refractivity contribution in [3.63, 3.8) is 0 Å². The minimum absolute atomic E-state index is 0.157. The summed E-state index contributed by atoms with van der Waals surface area (Å²) >= 11 is 0. The second kappa shape index (κ2) is 5.26. The number of pyridine rings is 1. The van der Waals surface area contributed by atoms with Gasteiger partial charge in [0, 0.05) is 49.7 Å². The molecule has 0 saturated carbocycles. The normalized spacial score (nSPS) is 18.2. The van der Waals surface area contributed by atoms with Crippen molar-refractivity contribution >= 4 is 0 Å². The van der Waals surface area contributed by atoms with Crippen molar-refractivity contribution in [2.45, 2.75) is 19.1 Å². The molecule has 104 valence electrons. The first kappa shape index (κ1) is 13.1. The summed E-state index contributed by atoms with van der Waals surface area (Å²) in [6.45, 7) is 1.39. The highest BCUT2D eigenvalue weighted by Crippen LogP contribution is 2.36. The number of fused-ring (bicyclic) bond motifs is 1. The predicted molar refractivity (Wildman–Crippen MR) is 71.6 cm³/mol. The topological polar surface area (TPSA) is 42.1 Å². The number of benzene rings is 1. The van der Waals surface area contributed by atoms with E-state index in [1.807, 2.05) is 17.0 Å². The maximum atomic E-state index is 13.9. The monoisotopic (exact) mass is 275 g/mol. The minimum atomic E-state index is -0.553. The van der Waals surface area contributed by atoms with Gasteiger partial charge in [0.1, 0.15) is 11.6 Å². The Bertz CT molecular complexity index is 616. The highest BCUT2D eigenvalue weighted by Gasteiger charge is 2.31. The molecule has 1 atom stereocenters. The second-order valence-electron chi connectivity index (χ2n) is 4.97. The van der Waals surface area contributed by atoms with Crippen LogP contribution in [0.2, 0.25) is 0 Å². The van der Waals surface area contributed by atoms with Crippen LogP contribution in [0.3, 0.4) is 0 Å². The molecule has 0 fully saturated rings. The molecule has 3 rings (SSSR count). The maximum Gasteiger partial charge on any atom is 0.130 e. The fourth-order valence-corrected chi connectivity index (χ4v) is 2.77. The summed E-state index contributed by atoms with van der Waals surface area (Å²) in [7, 11) is 0. The first-order valence-electron chi connectivity index (χ1n) is 6.50. The van der Waals surface area contributed by atoms with Crippen molar-refractivity contribution in [1.29, 1.82) is 0 Å². The van der Waals surface area contributed by atoms with Gasteiger partial charge >= 0.3 is 0 Å².